The number of para-hydroxylation sites is 4. The first kappa shape index (κ1) is 32.3. The zero-order chi connectivity index (χ0) is 38.2. The van der Waals surface area contributed by atoms with Crippen LogP contribution in [-0.2, 0) is 0 Å². The van der Waals surface area contributed by atoms with Gasteiger partial charge in [-0.25, -0.2) is 19.9 Å². The summed E-state index contributed by atoms with van der Waals surface area (Å²) in [5, 5.41) is 7.43. The molecule has 4 heterocycles. The van der Waals surface area contributed by atoms with Crippen molar-refractivity contribution in [2.45, 2.75) is 0 Å². The molecule has 6 nitrogen and oxygen atoms in total. The predicted molar refractivity (Wildman–Crippen MR) is 236 cm³/mol. The Bertz CT molecular complexity index is 3560. The van der Waals surface area contributed by atoms with Gasteiger partial charge in [-0.15, -0.1) is 0 Å². The van der Waals surface area contributed by atoms with Gasteiger partial charge in [0.1, 0.15) is 11.2 Å². The molecule has 0 N–H and O–H groups in total. The Balaban J connectivity index is 1.10. The van der Waals surface area contributed by atoms with Crippen molar-refractivity contribution in [2.24, 2.45) is 0 Å². The summed E-state index contributed by atoms with van der Waals surface area (Å²) in [6.45, 7) is 0. The summed E-state index contributed by atoms with van der Waals surface area (Å²) >= 11 is 0. The summed E-state index contributed by atoms with van der Waals surface area (Å²) < 4.78 is 9.38. The molecule has 0 spiro atoms. The lowest BCUT2D eigenvalue weighted by atomic mass is 9.97. The van der Waals surface area contributed by atoms with E-state index in [-0.39, 0.29) is 0 Å². The van der Waals surface area contributed by atoms with Crippen molar-refractivity contribution in [1.29, 1.82) is 0 Å². The highest BCUT2D eigenvalue weighted by molar-refractivity contribution is 6.25. The number of aromatic nitrogens is 5. The van der Waals surface area contributed by atoms with Crippen molar-refractivity contribution in [1.82, 2.24) is 24.5 Å². The molecule has 0 atom stereocenters. The Labute approximate surface area is 332 Å². The van der Waals surface area contributed by atoms with E-state index in [9.17, 15) is 0 Å². The van der Waals surface area contributed by atoms with E-state index in [4.69, 9.17) is 24.4 Å². The summed E-state index contributed by atoms with van der Waals surface area (Å²) in [6.07, 6.45) is 0. The molecule has 0 aliphatic rings. The third kappa shape index (κ3) is 4.98. The van der Waals surface area contributed by atoms with Crippen molar-refractivity contribution >= 4 is 65.4 Å². The standard InChI is InChI=1S/C52H31N5O/c1-4-15-32(16-5-1)47-40-29-28-38-37-23-14-24-41(48(37)58-49(38)46(40)39-22-10-12-25-43(39)53-47)52-55-50(33-17-6-2-7-18-33)54-51(56-52)34-27-30-45-42(31-34)36-21-11-13-26-44(36)57(45)35-19-8-3-9-20-35/h1-31H. The van der Waals surface area contributed by atoms with E-state index in [2.05, 4.69) is 138 Å². The van der Waals surface area contributed by atoms with Crippen LogP contribution in [0.25, 0.3) is 117 Å². The first-order chi connectivity index (χ1) is 28.8. The zero-order valence-corrected chi connectivity index (χ0v) is 31.0. The molecule has 4 aromatic heterocycles. The van der Waals surface area contributed by atoms with Crippen LogP contribution in [0.4, 0.5) is 0 Å². The second-order valence-electron chi connectivity index (χ2n) is 14.6. The van der Waals surface area contributed by atoms with Gasteiger partial charge in [-0.05, 0) is 54.6 Å². The Morgan fingerprint density at radius 2 is 0.966 bits per heavy atom. The Kier molecular flexibility index (Phi) is 7.13. The van der Waals surface area contributed by atoms with Gasteiger partial charge in [0, 0.05) is 60.1 Å². The maximum atomic E-state index is 7.06. The molecule has 0 aliphatic carbocycles. The lowest BCUT2D eigenvalue weighted by molar-refractivity contribution is 0.673. The SMILES string of the molecule is c1ccc(-c2nc(-c3ccc4c(c3)c3ccccc3n4-c3ccccc3)nc(-c3cccc4c3oc3c4ccc4c(-c5ccccc5)nc5ccccc5c43)n2)cc1. The predicted octanol–water partition coefficient (Wildman–Crippen LogP) is 13.2. The summed E-state index contributed by atoms with van der Waals surface area (Å²) in [4.78, 5) is 20.7. The highest BCUT2D eigenvalue weighted by Gasteiger charge is 2.22. The molecule has 6 heteroatoms. The molecule has 270 valence electrons. The number of nitrogens with zero attached hydrogens (tertiary/aromatic N) is 5. The van der Waals surface area contributed by atoms with Gasteiger partial charge in [0.25, 0.3) is 0 Å². The molecule has 12 rings (SSSR count). The molecular formula is C52H31N5O. The quantitative estimate of drug-likeness (QED) is 0.164. The number of hydrogen-bond acceptors (Lipinski definition) is 5. The van der Waals surface area contributed by atoms with Crippen molar-refractivity contribution in [3.05, 3.63) is 188 Å². The van der Waals surface area contributed by atoms with Crippen LogP contribution in [-0.4, -0.2) is 24.5 Å². The highest BCUT2D eigenvalue weighted by Crippen LogP contribution is 2.43. The molecule has 0 saturated carbocycles. The van der Waals surface area contributed by atoms with Gasteiger partial charge in [0.05, 0.1) is 27.8 Å². The number of pyridine rings is 1. The van der Waals surface area contributed by atoms with Crippen LogP contribution in [0.15, 0.2) is 192 Å². The van der Waals surface area contributed by atoms with E-state index in [1.54, 1.807) is 0 Å². The minimum absolute atomic E-state index is 0.543. The number of benzene rings is 8. The molecule has 0 fully saturated rings. The van der Waals surface area contributed by atoms with E-state index in [0.717, 1.165) is 99.1 Å². The van der Waals surface area contributed by atoms with Crippen LogP contribution < -0.4 is 0 Å². The van der Waals surface area contributed by atoms with Crippen molar-refractivity contribution in [2.75, 3.05) is 0 Å². The van der Waals surface area contributed by atoms with Crippen LogP contribution in [0.3, 0.4) is 0 Å². The van der Waals surface area contributed by atoms with Gasteiger partial charge in [0.15, 0.2) is 17.5 Å². The van der Waals surface area contributed by atoms with Crippen LogP contribution in [0.5, 0.6) is 0 Å². The van der Waals surface area contributed by atoms with Crippen molar-refractivity contribution < 1.29 is 4.42 Å². The van der Waals surface area contributed by atoms with Gasteiger partial charge in [-0.1, -0.05) is 133 Å². The van der Waals surface area contributed by atoms with E-state index in [0.29, 0.717) is 17.5 Å². The molecule has 0 amide bonds. The van der Waals surface area contributed by atoms with Gasteiger partial charge >= 0.3 is 0 Å². The van der Waals surface area contributed by atoms with Crippen molar-refractivity contribution in [3.63, 3.8) is 0 Å². The zero-order valence-electron chi connectivity index (χ0n) is 31.0. The topological polar surface area (TPSA) is 69.6 Å². The average Bonchev–Trinajstić information content (AvgIpc) is 3.85. The maximum absolute atomic E-state index is 7.06. The van der Waals surface area contributed by atoms with Crippen LogP contribution >= 0.6 is 0 Å². The minimum Gasteiger partial charge on any atom is -0.455 e. The molecule has 58 heavy (non-hydrogen) atoms. The fourth-order valence-electron chi connectivity index (χ4n) is 8.59. The number of hydrogen-bond donors (Lipinski definition) is 0. The second-order valence-corrected chi connectivity index (χ2v) is 14.6. The number of fused-ring (bicyclic) bond motifs is 10. The molecule has 12 aromatic rings. The summed E-state index contributed by atoms with van der Waals surface area (Å²) in [5.41, 5.74) is 10.4. The molecule has 0 aliphatic heterocycles. The van der Waals surface area contributed by atoms with E-state index < -0.39 is 0 Å². The lowest BCUT2D eigenvalue weighted by Gasteiger charge is -2.10. The monoisotopic (exact) mass is 741 g/mol. The largest absolute Gasteiger partial charge is 0.455 e. The van der Waals surface area contributed by atoms with Gasteiger partial charge in [-0.3, -0.25) is 0 Å². The van der Waals surface area contributed by atoms with E-state index in [1.807, 2.05) is 54.6 Å². The average molecular weight is 742 g/mol. The van der Waals surface area contributed by atoms with Crippen LogP contribution in [0, 0.1) is 0 Å². The Morgan fingerprint density at radius 3 is 1.78 bits per heavy atom. The normalized spacial score (nSPS) is 11.8. The lowest BCUT2D eigenvalue weighted by Crippen LogP contribution is -2.00. The highest BCUT2D eigenvalue weighted by atomic mass is 16.3. The fraction of sp³-hybridized carbons (Fsp3) is 0. The summed E-state index contributed by atoms with van der Waals surface area (Å²) in [7, 11) is 0. The maximum Gasteiger partial charge on any atom is 0.167 e. The van der Waals surface area contributed by atoms with Crippen LogP contribution in [0.2, 0.25) is 0 Å². The fourth-order valence-corrected chi connectivity index (χ4v) is 8.59. The van der Waals surface area contributed by atoms with Gasteiger partial charge in [0.2, 0.25) is 0 Å². The number of furan rings is 1. The first-order valence-corrected chi connectivity index (χ1v) is 19.4. The summed E-state index contributed by atoms with van der Waals surface area (Å²) in [6, 6.07) is 64.9. The molecule has 0 radical (unpaired) electrons. The Morgan fingerprint density at radius 1 is 0.362 bits per heavy atom. The molecular weight excluding hydrogens is 711 g/mol. The molecule has 0 bridgehead atoms. The molecule has 0 unspecified atom stereocenters. The second kappa shape index (κ2) is 12.8. The molecule has 8 aromatic carbocycles. The first-order valence-electron chi connectivity index (χ1n) is 19.4. The Hall–Kier alpha value is -7.96. The minimum atomic E-state index is 0.543. The van der Waals surface area contributed by atoms with E-state index >= 15 is 0 Å². The smallest absolute Gasteiger partial charge is 0.167 e. The van der Waals surface area contributed by atoms with E-state index in [1.165, 1.54) is 0 Å². The van der Waals surface area contributed by atoms with Gasteiger partial charge in [-0.2, -0.15) is 0 Å². The number of rotatable bonds is 5. The van der Waals surface area contributed by atoms with Crippen molar-refractivity contribution in [3.8, 4) is 51.1 Å². The third-order valence-electron chi connectivity index (χ3n) is 11.2. The third-order valence-corrected chi connectivity index (χ3v) is 11.2. The summed E-state index contributed by atoms with van der Waals surface area (Å²) in [5.74, 6) is 1.72. The van der Waals surface area contributed by atoms with Crippen LogP contribution in [0.1, 0.15) is 0 Å². The van der Waals surface area contributed by atoms with Gasteiger partial charge < -0.3 is 8.98 Å². The molecule has 0 saturated heterocycles.